The number of aromatic nitrogens is 1. The topological polar surface area (TPSA) is 55.1 Å². The molecule has 0 radical (unpaired) electrons. The molecule has 4 heteroatoms. The van der Waals surface area contributed by atoms with Crippen molar-refractivity contribution in [3.8, 4) is 11.5 Å². The van der Waals surface area contributed by atoms with Crippen LogP contribution in [-0.2, 0) is 11.2 Å². The lowest BCUT2D eigenvalue weighted by atomic mass is 10.0. The molecule has 0 aliphatic carbocycles. The van der Waals surface area contributed by atoms with Gasteiger partial charge in [-0.15, -0.1) is 0 Å². The Labute approximate surface area is 167 Å². The van der Waals surface area contributed by atoms with Gasteiger partial charge in [0.15, 0.2) is 5.58 Å². The minimum atomic E-state index is -0.0464. The Morgan fingerprint density at radius 1 is 0.828 bits per heavy atom. The van der Waals surface area contributed by atoms with E-state index in [2.05, 4.69) is 28.5 Å². The van der Waals surface area contributed by atoms with E-state index in [1.807, 2.05) is 72.8 Å². The smallest absolute Gasteiger partial charge is 0.228 e. The third kappa shape index (κ3) is 3.60. The van der Waals surface area contributed by atoms with E-state index in [9.17, 15) is 4.79 Å². The molecule has 0 aliphatic rings. The Hall–Kier alpha value is -3.92. The average molecular weight is 378 g/mol. The number of para-hydroxylation sites is 2. The quantitative estimate of drug-likeness (QED) is 0.428. The fraction of sp³-hybridized carbons (Fsp3) is 0.0400. The third-order valence-corrected chi connectivity index (χ3v) is 4.89. The summed E-state index contributed by atoms with van der Waals surface area (Å²) in [6, 6.07) is 29.4. The number of hydrogen-bond acceptors (Lipinski definition) is 3. The van der Waals surface area contributed by atoms with Gasteiger partial charge in [-0.05, 0) is 52.7 Å². The molecular weight excluding hydrogens is 360 g/mol. The van der Waals surface area contributed by atoms with E-state index in [0.29, 0.717) is 12.3 Å². The molecule has 4 nitrogen and oxygen atoms in total. The Bertz CT molecular complexity index is 1290. The first-order valence-electron chi connectivity index (χ1n) is 9.48. The van der Waals surface area contributed by atoms with Crippen molar-refractivity contribution in [2.45, 2.75) is 6.42 Å². The molecule has 0 atom stereocenters. The van der Waals surface area contributed by atoms with Crippen LogP contribution in [0.5, 0.6) is 0 Å². The standard InChI is InChI=1S/C25H18N2O2/c28-24(16-17-9-10-18-5-1-2-6-20(18)15-17)26-21-13-11-19(12-14-21)25-27-22-7-3-4-8-23(22)29-25/h1-15H,16H2,(H,26,28). The zero-order valence-electron chi connectivity index (χ0n) is 15.6. The summed E-state index contributed by atoms with van der Waals surface area (Å²) >= 11 is 0. The van der Waals surface area contributed by atoms with Crippen molar-refractivity contribution in [3.05, 3.63) is 96.6 Å². The average Bonchev–Trinajstić information content (AvgIpc) is 3.18. The van der Waals surface area contributed by atoms with E-state index in [1.54, 1.807) is 0 Å². The number of nitrogens with one attached hydrogen (secondary N) is 1. The van der Waals surface area contributed by atoms with E-state index in [1.165, 1.54) is 5.39 Å². The van der Waals surface area contributed by atoms with E-state index >= 15 is 0 Å². The predicted octanol–water partition coefficient (Wildman–Crippen LogP) is 5.83. The Morgan fingerprint density at radius 2 is 1.59 bits per heavy atom. The fourth-order valence-corrected chi connectivity index (χ4v) is 3.43. The van der Waals surface area contributed by atoms with Gasteiger partial charge >= 0.3 is 0 Å². The fourth-order valence-electron chi connectivity index (χ4n) is 3.43. The maximum atomic E-state index is 12.4. The minimum Gasteiger partial charge on any atom is -0.436 e. The lowest BCUT2D eigenvalue weighted by molar-refractivity contribution is -0.115. The van der Waals surface area contributed by atoms with Crippen LogP contribution in [-0.4, -0.2) is 10.9 Å². The molecule has 0 spiro atoms. The summed E-state index contributed by atoms with van der Waals surface area (Å²) in [5.74, 6) is 0.523. The summed E-state index contributed by atoms with van der Waals surface area (Å²) in [7, 11) is 0. The second-order valence-electron chi connectivity index (χ2n) is 6.97. The van der Waals surface area contributed by atoms with Gasteiger partial charge in [0.05, 0.1) is 6.42 Å². The molecule has 0 saturated carbocycles. The normalized spacial score (nSPS) is 11.0. The largest absolute Gasteiger partial charge is 0.436 e. The van der Waals surface area contributed by atoms with Gasteiger partial charge in [-0.1, -0.05) is 54.6 Å². The maximum Gasteiger partial charge on any atom is 0.228 e. The number of nitrogens with zero attached hydrogens (tertiary/aromatic N) is 1. The van der Waals surface area contributed by atoms with Crippen molar-refractivity contribution in [1.29, 1.82) is 0 Å². The predicted molar refractivity (Wildman–Crippen MR) is 116 cm³/mol. The highest BCUT2D eigenvalue weighted by Gasteiger charge is 2.09. The van der Waals surface area contributed by atoms with Crippen molar-refractivity contribution in [2.75, 3.05) is 5.32 Å². The summed E-state index contributed by atoms with van der Waals surface area (Å²) in [6.07, 6.45) is 0.331. The van der Waals surface area contributed by atoms with Gasteiger partial charge in [0, 0.05) is 11.3 Å². The Balaban J connectivity index is 1.29. The first kappa shape index (κ1) is 17.2. The van der Waals surface area contributed by atoms with Crippen LogP contribution in [0.15, 0.2) is 95.4 Å². The lowest BCUT2D eigenvalue weighted by Crippen LogP contribution is -2.14. The van der Waals surface area contributed by atoms with Crippen LogP contribution < -0.4 is 5.32 Å². The van der Waals surface area contributed by atoms with Crippen LogP contribution in [0.1, 0.15) is 5.56 Å². The molecule has 4 aromatic carbocycles. The molecule has 1 heterocycles. The molecule has 0 fully saturated rings. The second-order valence-corrected chi connectivity index (χ2v) is 6.97. The number of carbonyl (C=O) groups excluding carboxylic acids is 1. The molecule has 0 saturated heterocycles. The van der Waals surface area contributed by atoms with E-state index < -0.39 is 0 Å². The zero-order valence-corrected chi connectivity index (χ0v) is 15.6. The molecule has 0 bridgehead atoms. The highest BCUT2D eigenvalue weighted by molar-refractivity contribution is 5.93. The maximum absolute atomic E-state index is 12.4. The summed E-state index contributed by atoms with van der Waals surface area (Å²) in [5, 5.41) is 5.27. The Morgan fingerprint density at radius 3 is 2.41 bits per heavy atom. The number of amides is 1. The van der Waals surface area contributed by atoms with Crippen molar-refractivity contribution >= 4 is 33.5 Å². The SMILES string of the molecule is O=C(Cc1ccc2ccccc2c1)Nc1ccc(-c2nc3ccccc3o2)cc1. The molecule has 140 valence electrons. The molecule has 29 heavy (non-hydrogen) atoms. The number of oxazole rings is 1. The van der Waals surface area contributed by atoms with E-state index in [4.69, 9.17) is 4.42 Å². The third-order valence-electron chi connectivity index (χ3n) is 4.89. The molecule has 0 unspecified atom stereocenters. The minimum absolute atomic E-state index is 0.0464. The number of fused-ring (bicyclic) bond motifs is 2. The zero-order chi connectivity index (χ0) is 19.6. The van der Waals surface area contributed by atoms with Gasteiger partial charge in [-0.3, -0.25) is 4.79 Å². The van der Waals surface area contributed by atoms with E-state index in [-0.39, 0.29) is 5.91 Å². The van der Waals surface area contributed by atoms with Crippen LogP contribution in [0.25, 0.3) is 33.3 Å². The first-order valence-corrected chi connectivity index (χ1v) is 9.48. The summed E-state index contributed by atoms with van der Waals surface area (Å²) in [5.41, 5.74) is 4.19. The molecule has 1 aromatic heterocycles. The van der Waals surface area contributed by atoms with Crippen molar-refractivity contribution in [1.82, 2.24) is 4.98 Å². The van der Waals surface area contributed by atoms with Gasteiger partial charge in [0.2, 0.25) is 11.8 Å². The number of hydrogen-bond donors (Lipinski definition) is 1. The van der Waals surface area contributed by atoms with Crippen LogP contribution in [0.2, 0.25) is 0 Å². The summed E-state index contributed by atoms with van der Waals surface area (Å²) in [6.45, 7) is 0. The number of rotatable bonds is 4. The van der Waals surface area contributed by atoms with Crippen LogP contribution in [0, 0.1) is 0 Å². The summed E-state index contributed by atoms with van der Waals surface area (Å²) in [4.78, 5) is 16.9. The van der Waals surface area contributed by atoms with Crippen molar-refractivity contribution < 1.29 is 9.21 Å². The molecule has 5 aromatic rings. The second kappa shape index (κ2) is 7.24. The molecule has 1 amide bonds. The molecule has 1 N–H and O–H groups in total. The lowest BCUT2D eigenvalue weighted by Gasteiger charge is -2.07. The number of benzene rings is 4. The highest BCUT2D eigenvalue weighted by atomic mass is 16.3. The van der Waals surface area contributed by atoms with Crippen LogP contribution in [0.3, 0.4) is 0 Å². The van der Waals surface area contributed by atoms with Gasteiger partial charge in [-0.2, -0.15) is 0 Å². The number of anilines is 1. The van der Waals surface area contributed by atoms with Crippen molar-refractivity contribution in [3.63, 3.8) is 0 Å². The monoisotopic (exact) mass is 378 g/mol. The van der Waals surface area contributed by atoms with Crippen molar-refractivity contribution in [2.24, 2.45) is 0 Å². The van der Waals surface area contributed by atoms with Gasteiger partial charge in [0.1, 0.15) is 5.52 Å². The van der Waals surface area contributed by atoms with E-state index in [0.717, 1.165) is 33.3 Å². The van der Waals surface area contributed by atoms with Gasteiger partial charge < -0.3 is 9.73 Å². The van der Waals surface area contributed by atoms with Crippen LogP contribution >= 0.6 is 0 Å². The highest BCUT2D eigenvalue weighted by Crippen LogP contribution is 2.25. The number of carbonyl (C=O) groups is 1. The molecule has 0 aliphatic heterocycles. The Kier molecular flexibility index (Phi) is 4.30. The van der Waals surface area contributed by atoms with Gasteiger partial charge in [0.25, 0.3) is 0 Å². The van der Waals surface area contributed by atoms with Crippen LogP contribution in [0.4, 0.5) is 5.69 Å². The molecule has 5 rings (SSSR count). The summed E-state index contributed by atoms with van der Waals surface area (Å²) < 4.78 is 5.79. The van der Waals surface area contributed by atoms with Gasteiger partial charge in [-0.25, -0.2) is 4.98 Å². The first-order chi connectivity index (χ1) is 14.2. The molecular formula is C25H18N2O2.